The van der Waals surface area contributed by atoms with E-state index in [-0.39, 0.29) is 25.2 Å². The third-order valence-electron chi connectivity index (χ3n) is 5.01. The van der Waals surface area contributed by atoms with Gasteiger partial charge in [-0.2, -0.15) is 0 Å². The molecule has 2 aromatic rings. The van der Waals surface area contributed by atoms with Crippen LogP contribution in [0.3, 0.4) is 0 Å². The molecule has 1 aliphatic heterocycles. The Hall–Kier alpha value is -3.00. The highest BCUT2D eigenvalue weighted by Crippen LogP contribution is 2.33. The summed E-state index contributed by atoms with van der Waals surface area (Å²) in [5.74, 6) is 2.62. The van der Waals surface area contributed by atoms with Crippen LogP contribution in [0.15, 0.2) is 34.7 Å². The maximum Gasteiger partial charge on any atom is 0.242 e. The Morgan fingerprint density at radius 2 is 1.84 bits per heavy atom. The van der Waals surface area contributed by atoms with Gasteiger partial charge in [0.25, 0.3) is 0 Å². The SMILES string of the molecule is CCCC(=O)N(CCOC)CC(=O)N(Cc1ccc2c(c1)OCO2)Cc1ccc(C)o1. The molecule has 1 aromatic heterocycles. The van der Waals surface area contributed by atoms with Gasteiger partial charge in [-0.25, -0.2) is 0 Å². The zero-order valence-electron chi connectivity index (χ0n) is 18.4. The molecule has 8 nitrogen and oxygen atoms in total. The normalized spacial score (nSPS) is 12.1. The van der Waals surface area contributed by atoms with Crippen molar-refractivity contribution in [1.29, 1.82) is 0 Å². The lowest BCUT2D eigenvalue weighted by atomic mass is 10.1. The molecule has 0 saturated carbocycles. The lowest BCUT2D eigenvalue weighted by Crippen LogP contribution is -2.43. The largest absolute Gasteiger partial charge is 0.464 e. The minimum absolute atomic E-state index is 0.00750. The van der Waals surface area contributed by atoms with Gasteiger partial charge in [-0.1, -0.05) is 13.0 Å². The first-order valence-corrected chi connectivity index (χ1v) is 10.5. The number of fused-ring (bicyclic) bond motifs is 1. The number of methoxy groups -OCH3 is 1. The number of aryl methyl sites for hydroxylation is 1. The Balaban J connectivity index is 1.76. The number of hydrogen-bond acceptors (Lipinski definition) is 6. The van der Waals surface area contributed by atoms with E-state index in [4.69, 9.17) is 18.6 Å². The minimum atomic E-state index is -0.160. The van der Waals surface area contributed by atoms with Crippen molar-refractivity contribution < 1.29 is 28.2 Å². The van der Waals surface area contributed by atoms with Crippen molar-refractivity contribution in [3.8, 4) is 11.5 Å². The van der Waals surface area contributed by atoms with E-state index >= 15 is 0 Å². The van der Waals surface area contributed by atoms with Gasteiger partial charge in [0.1, 0.15) is 11.5 Å². The lowest BCUT2D eigenvalue weighted by molar-refractivity contribution is -0.142. The summed E-state index contributed by atoms with van der Waals surface area (Å²) in [5.41, 5.74) is 0.907. The van der Waals surface area contributed by atoms with Crippen LogP contribution in [0, 0.1) is 6.92 Å². The molecule has 0 radical (unpaired) electrons. The Morgan fingerprint density at radius 1 is 1.03 bits per heavy atom. The Bertz CT molecular complexity index is 894. The number of carbonyl (C=O) groups is 2. The third kappa shape index (κ3) is 6.24. The fourth-order valence-electron chi connectivity index (χ4n) is 3.38. The van der Waals surface area contributed by atoms with Crippen LogP contribution < -0.4 is 9.47 Å². The highest BCUT2D eigenvalue weighted by molar-refractivity contribution is 5.84. The van der Waals surface area contributed by atoms with E-state index in [0.29, 0.717) is 49.9 Å². The van der Waals surface area contributed by atoms with Crippen molar-refractivity contribution in [3.05, 3.63) is 47.4 Å². The number of hydrogen-bond donors (Lipinski definition) is 0. The van der Waals surface area contributed by atoms with Gasteiger partial charge in [0.15, 0.2) is 11.5 Å². The molecule has 2 amide bonds. The van der Waals surface area contributed by atoms with E-state index in [1.165, 1.54) is 0 Å². The number of ether oxygens (including phenoxy) is 3. The van der Waals surface area contributed by atoms with Gasteiger partial charge >= 0.3 is 0 Å². The Kier molecular flexibility index (Phi) is 7.94. The van der Waals surface area contributed by atoms with E-state index in [1.54, 1.807) is 16.9 Å². The molecule has 0 bridgehead atoms. The van der Waals surface area contributed by atoms with Gasteiger partial charge < -0.3 is 28.4 Å². The molecule has 0 N–H and O–H groups in total. The molecule has 0 aliphatic carbocycles. The van der Waals surface area contributed by atoms with Crippen LogP contribution >= 0.6 is 0 Å². The van der Waals surface area contributed by atoms with Crippen molar-refractivity contribution in [1.82, 2.24) is 9.80 Å². The van der Waals surface area contributed by atoms with Crippen molar-refractivity contribution in [2.45, 2.75) is 39.8 Å². The van der Waals surface area contributed by atoms with E-state index in [1.807, 2.05) is 44.2 Å². The molecule has 8 heteroatoms. The number of furan rings is 1. The van der Waals surface area contributed by atoms with Crippen LogP contribution in [-0.4, -0.2) is 55.2 Å². The van der Waals surface area contributed by atoms with E-state index in [9.17, 15) is 9.59 Å². The molecular weight excluding hydrogens is 400 g/mol. The zero-order chi connectivity index (χ0) is 22.2. The van der Waals surface area contributed by atoms with E-state index < -0.39 is 0 Å². The van der Waals surface area contributed by atoms with Crippen LogP contribution in [0.25, 0.3) is 0 Å². The Labute approximate surface area is 182 Å². The van der Waals surface area contributed by atoms with Crippen LogP contribution in [0.2, 0.25) is 0 Å². The second kappa shape index (κ2) is 10.9. The summed E-state index contributed by atoms with van der Waals surface area (Å²) in [4.78, 5) is 29.0. The van der Waals surface area contributed by atoms with Crippen LogP contribution in [-0.2, 0) is 27.4 Å². The van der Waals surface area contributed by atoms with Gasteiger partial charge in [0.2, 0.25) is 18.6 Å². The second-order valence-corrected chi connectivity index (χ2v) is 7.51. The maximum atomic E-state index is 13.3. The molecule has 2 heterocycles. The van der Waals surface area contributed by atoms with Crippen molar-refractivity contribution in [2.24, 2.45) is 0 Å². The van der Waals surface area contributed by atoms with Gasteiger partial charge in [0, 0.05) is 26.6 Å². The molecule has 3 rings (SSSR count). The molecule has 0 saturated heterocycles. The summed E-state index contributed by atoms with van der Waals surface area (Å²) in [6.45, 7) is 5.41. The first kappa shape index (κ1) is 22.7. The second-order valence-electron chi connectivity index (χ2n) is 7.51. The fraction of sp³-hybridized carbons (Fsp3) is 0.478. The molecule has 31 heavy (non-hydrogen) atoms. The van der Waals surface area contributed by atoms with Crippen molar-refractivity contribution in [3.63, 3.8) is 0 Å². The first-order chi connectivity index (χ1) is 15.0. The minimum Gasteiger partial charge on any atom is -0.464 e. The molecule has 168 valence electrons. The number of carbonyl (C=O) groups excluding carboxylic acids is 2. The topological polar surface area (TPSA) is 81.5 Å². The fourth-order valence-corrected chi connectivity index (χ4v) is 3.38. The van der Waals surface area contributed by atoms with Crippen LogP contribution in [0.4, 0.5) is 0 Å². The molecule has 1 aromatic carbocycles. The van der Waals surface area contributed by atoms with Crippen molar-refractivity contribution in [2.75, 3.05) is 33.6 Å². The van der Waals surface area contributed by atoms with E-state index in [2.05, 4.69) is 0 Å². The van der Waals surface area contributed by atoms with Gasteiger partial charge in [0.05, 0.1) is 19.7 Å². The van der Waals surface area contributed by atoms with Gasteiger partial charge in [-0.3, -0.25) is 9.59 Å². The average molecular weight is 431 g/mol. The molecule has 0 spiro atoms. The summed E-state index contributed by atoms with van der Waals surface area (Å²) >= 11 is 0. The predicted molar refractivity (Wildman–Crippen MR) is 114 cm³/mol. The van der Waals surface area contributed by atoms with Crippen LogP contribution in [0.1, 0.15) is 36.8 Å². The molecule has 0 atom stereocenters. The number of rotatable bonds is 11. The number of amides is 2. The third-order valence-corrected chi connectivity index (χ3v) is 5.01. The van der Waals surface area contributed by atoms with Crippen LogP contribution in [0.5, 0.6) is 11.5 Å². The summed E-state index contributed by atoms with van der Waals surface area (Å²) < 4.78 is 21.6. The molecule has 0 unspecified atom stereocenters. The molecule has 1 aliphatic rings. The summed E-state index contributed by atoms with van der Waals surface area (Å²) in [6.07, 6.45) is 1.12. The smallest absolute Gasteiger partial charge is 0.242 e. The maximum absolute atomic E-state index is 13.3. The standard InChI is InChI=1S/C23H30N2O6/c1-4-5-22(26)24(10-11-28-3)15-23(27)25(14-19-8-6-17(2)31-19)13-18-7-9-20-21(12-18)30-16-29-20/h6-9,12H,4-5,10-11,13-16H2,1-3H3. The molecular formula is C23H30N2O6. The average Bonchev–Trinajstić information content (AvgIpc) is 3.38. The monoisotopic (exact) mass is 430 g/mol. The Morgan fingerprint density at radius 3 is 2.55 bits per heavy atom. The molecule has 0 fully saturated rings. The summed E-state index contributed by atoms with van der Waals surface area (Å²) in [5, 5.41) is 0. The van der Waals surface area contributed by atoms with Gasteiger partial charge in [-0.15, -0.1) is 0 Å². The first-order valence-electron chi connectivity index (χ1n) is 10.5. The summed E-state index contributed by atoms with van der Waals surface area (Å²) in [6, 6.07) is 9.36. The van der Waals surface area contributed by atoms with Crippen molar-refractivity contribution >= 4 is 11.8 Å². The number of nitrogens with zero attached hydrogens (tertiary/aromatic N) is 2. The highest BCUT2D eigenvalue weighted by atomic mass is 16.7. The quantitative estimate of drug-likeness (QED) is 0.545. The van der Waals surface area contributed by atoms with E-state index in [0.717, 1.165) is 17.7 Å². The number of benzene rings is 1. The van der Waals surface area contributed by atoms with Gasteiger partial charge in [-0.05, 0) is 43.2 Å². The lowest BCUT2D eigenvalue weighted by Gasteiger charge is -2.27. The summed E-state index contributed by atoms with van der Waals surface area (Å²) in [7, 11) is 1.58. The zero-order valence-corrected chi connectivity index (χ0v) is 18.4. The highest BCUT2D eigenvalue weighted by Gasteiger charge is 2.23. The predicted octanol–water partition coefficient (Wildman–Crippen LogP) is 3.12.